The molecule has 0 aliphatic rings. The summed E-state index contributed by atoms with van der Waals surface area (Å²) in [5.41, 5.74) is 2.36. The Labute approximate surface area is 162 Å². The van der Waals surface area contributed by atoms with Crippen LogP contribution in [0.25, 0.3) is 0 Å². The van der Waals surface area contributed by atoms with E-state index in [0.29, 0.717) is 17.1 Å². The van der Waals surface area contributed by atoms with Gasteiger partial charge in [-0.15, -0.1) is 0 Å². The van der Waals surface area contributed by atoms with Crippen LogP contribution in [0.1, 0.15) is 32.0 Å². The second kappa shape index (κ2) is 8.96. The van der Waals surface area contributed by atoms with Gasteiger partial charge in [-0.2, -0.15) is 0 Å². The van der Waals surface area contributed by atoms with Gasteiger partial charge < -0.3 is 10.6 Å². The number of hydrogen-bond acceptors (Lipinski definition) is 3. The number of carbonyl (C=O) groups is 2. The third-order valence-corrected chi connectivity index (χ3v) is 4.32. The Balaban J connectivity index is 1.61. The van der Waals surface area contributed by atoms with Gasteiger partial charge in [0.1, 0.15) is 5.69 Å². The predicted molar refractivity (Wildman–Crippen MR) is 104 cm³/mol. The van der Waals surface area contributed by atoms with Crippen molar-refractivity contribution in [3.63, 3.8) is 0 Å². The zero-order valence-electron chi connectivity index (χ0n) is 14.5. The molecule has 6 heteroatoms. The van der Waals surface area contributed by atoms with Crippen molar-refractivity contribution in [1.29, 1.82) is 0 Å². The summed E-state index contributed by atoms with van der Waals surface area (Å²) in [5, 5.41) is 6.18. The highest BCUT2D eigenvalue weighted by Crippen LogP contribution is 2.14. The zero-order chi connectivity index (χ0) is 19.1. The van der Waals surface area contributed by atoms with Crippen molar-refractivity contribution in [3.8, 4) is 0 Å². The Morgan fingerprint density at radius 2 is 1.56 bits per heavy atom. The summed E-state index contributed by atoms with van der Waals surface area (Å²) >= 11 is 6.09. The van der Waals surface area contributed by atoms with Crippen LogP contribution in [0.5, 0.6) is 0 Å². The number of benzene rings is 2. The molecule has 0 atom stereocenters. The summed E-state index contributed by atoms with van der Waals surface area (Å²) in [6, 6.07) is 19.9. The summed E-state index contributed by atoms with van der Waals surface area (Å²) < 4.78 is 0. The molecule has 27 heavy (non-hydrogen) atoms. The number of hydrogen-bond donors (Lipinski definition) is 2. The Bertz CT molecular complexity index is 945. The molecule has 0 radical (unpaired) electrons. The molecular formula is C21H18ClN3O2. The van der Waals surface area contributed by atoms with Crippen molar-refractivity contribution in [3.05, 3.63) is 100 Å². The van der Waals surface area contributed by atoms with E-state index in [2.05, 4.69) is 15.6 Å². The van der Waals surface area contributed by atoms with Crippen LogP contribution in [-0.4, -0.2) is 16.8 Å². The van der Waals surface area contributed by atoms with Crippen LogP contribution >= 0.6 is 11.6 Å². The van der Waals surface area contributed by atoms with E-state index in [-0.39, 0.29) is 24.1 Å². The normalized spacial score (nSPS) is 10.3. The molecule has 1 aromatic heterocycles. The molecule has 0 aliphatic heterocycles. The number of nitrogens with zero attached hydrogens (tertiary/aromatic N) is 1. The fraction of sp³-hybridized carbons (Fsp3) is 0.0952. The van der Waals surface area contributed by atoms with E-state index in [1.807, 2.05) is 48.5 Å². The van der Waals surface area contributed by atoms with Gasteiger partial charge in [-0.25, -0.2) is 0 Å². The number of halogens is 1. The van der Waals surface area contributed by atoms with E-state index >= 15 is 0 Å². The summed E-state index contributed by atoms with van der Waals surface area (Å²) in [6.45, 7) is 0.695. The molecule has 0 saturated carbocycles. The number of carbonyl (C=O) groups excluding carboxylic acids is 2. The minimum absolute atomic E-state index is 0.175. The molecule has 3 aromatic rings. The molecule has 3 rings (SSSR count). The van der Waals surface area contributed by atoms with E-state index < -0.39 is 0 Å². The van der Waals surface area contributed by atoms with Crippen molar-refractivity contribution < 1.29 is 9.59 Å². The average Bonchev–Trinajstić information content (AvgIpc) is 2.72. The first-order valence-electron chi connectivity index (χ1n) is 8.43. The second-order valence-electron chi connectivity index (χ2n) is 5.87. The number of rotatable bonds is 6. The largest absolute Gasteiger partial charge is 0.348 e. The molecule has 2 aromatic carbocycles. The van der Waals surface area contributed by atoms with Gasteiger partial charge >= 0.3 is 0 Å². The summed E-state index contributed by atoms with van der Waals surface area (Å²) in [6.07, 6.45) is 1.45. The van der Waals surface area contributed by atoms with Gasteiger partial charge in [0.15, 0.2) is 0 Å². The molecule has 2 N–H and O–H groups in total. The zero-order valence-corrected chi connectivity index (χ0v) is 15.2. The van der Waals surface area contributed by atoms with Crippen LogP contribution in [0.15, 0.2) is 72.9 Å². The minimum atomic E-state index is -0.368. The third-order valence-electron chi connectivity index (χ3n) is 3.95. The maximum atomic E-state index is 12.3. The van der Waals surface area contributed by atoms with Gasteiger partial charge in [0.05, 0.1) is 0 Å². The maximum Gasteiger partial charge on any atom is 0.270 e. The molecule has 0 spiro atoms. The first-order valence-corrected chi connectivity index (χ1v) is 8.81. The van der Waals surface area contributed by atoms with Gasteiger partial charge in [0.25, 0.3) is 11.8 Å². The van der Waals surface area contributed by atoms with Crippen molar-refractivity contribution in [1.82, 2.24) is 15.6 Å². The number of pyridine rings is 1. The fourth-order valence-corrected chi connectivity index (χ4v) is 2.69. The van der Waals surface area contributed by atoms with Crippen molar-refractivity contribution in [2.75, 3.05) is 0 Å². The van der Waals surface area contributed by atoms with Gasteiger partial charge in [-0.1, -0.05) is 60.1 Å². The third kappa shape index (κ3) is 5.15. The van der Waals surface area contributed by atoms with Crippen molar-refractivity contribution in [2.45, 2.75) is 13.1 Å². The SMILES string of the molecule is O=C(NCc1ccccc1)c1ccnc(C(=O)NCc2ccccc2Cl)c1. The maximum absolute atomic E-state index is 12.3. The lowest BCUT2D eigenvalue weighted by Crippen LogP contribution is -2.26. The molecule has 0 unspecified atom stereocenters. The monoisotopic (exact) mass is 379 g/mol. The lowest BCUT2D eigenvalue weighted by molar-refractivity contribution is 0.0946. The summed E-state index contributed by atoms with van der Waals surface area (Å²) in [5.74, 6) is -0.631. The summed E-state index contributed by atoms with van der Waals surface area (Å²) in [4.78, 5) is 28.7. The van der Waals surface area contributed by atoms with Crippen molar-refractivity contribution in [2.24, 2.45) is 0 Å². The molecule has 1 heterocycles. The van der Waals surface area contributed by atoms with Crippen LogP contribution in [-0.2, 0) is 13.1 Å². The van der Waals surface area contributed by atoms with E-state index in [1.165, 1.54) is 12.3 Å². The Morgan fingerprint density at radius 3 is 2.33 bits per heavy atom. The highest BCUT2D eigenvalue weighted by Gasteiger charge is 2.12. The Morgan fingerprint density at radius 1 is 0.852 bits per heavy atom. The predicted octanol–water partition coefficient (Wildman–Crippen LogP) is 3.60. The topological polar surface area (TPSA) is 71.1 Å². The first-order chi connectivity index (χ1) is 13.1. The highest BCUT2D eigenvalue weighted by molar-refractivity contribution is 6.31. The average molecular weight is 380 g/mol. The van der Waals surface area contributed by atoms with Crippen LogP contribution in [0.3, 0.4) is 0 Å². The van der Waals surface area contributed by atoms with Crippen LogP contribution in [0, 0.1) is 0 Å². The van der Waals surface area contributed by atoms with Crippen LogP contribution < -0.4 is 10.6 Å². The second-order valence-corrected chi connectivity index (χ2v) is 6.28. The van der Waals surface area contributed by atoms with E-state index in [4.69, 9.17) is 11.6 Å². The number of amides is 2. The molecular weight excluding hydrogens is 362 g/mol. The highest BCUT2D eigenvalue weighted by atomic mass is 35.5. The molecule has 0 bridgehead atoms. The van der Waals surface area contributed by atoms with Crippen LogP contribution in [0.4, 0.5) is 0 Å². The molecule has 5 nitrogen and oxygen atoms in total. The van der Waals surface area contributed by atoms with Crippen LogP contribution in [0.2, 0.25) is 5.02 Å². The lowest BCUT2D eigenvalue weighted by Gasteiger charge is -2.08. The van der Waals surface area contributed by atoms with E-state index in [0.717, 1.165) is 11.1 Å². The fourth-order valence-electron chi connectivity index (χ4n) is 2.48. The van der Waals surface area contributed by atoms with Crippen molar-refractivity contribution >= 4 is 23.4 Å². The number of nitrogens with one attached hydrogen (secondary N) is 2. The van der Waals surface area contributed by atoms with Gasteiger partial charge in [0.2, 0.25) is 0 Å². The van der Waals surface area contributed by atoms with Gasteiger partial charge in [0, 0.05) is 29.9 Å². The smallest absolute Gasteiger partial charge is 0.270 e. The lowest BCUT2D eigenvalue weighted by atomic mass is 10.2. The number of aromatic nitrogens is 1. The molecule has 136 valence electrons. The quantitative estimate of drug-likeness (QED) is 0.687. The molecule has 2 amide bonds. The van der Waals surface area contributed by atoms with Gasteiger partial charge in [-0.3, -0.25) is 14.6 Å². The first kappa shape index (κ1) is 18.6. The molecule has 0 fully saturated rings. The van der Waals surface area contributed by atoms with E-state index in [9.17, 15) is 9.59 Å². The Kier molecular flexibility index (Phi) is 6.18. The standard InChI is InChI=1S/C21H18ClN3O2/c22-18-9-5-4-8-17(18)14-25-21(27)19-12-16(10-11-23-19)20(26)24-13-15-6-2-1-3-7-15/h1-12H,13-14H2,(H,24,26)(H,25,27). The summed E-state index contributed by atoms with van der Waals surface area (Å²) in [7, 11) is 0. The van der Waals surface area contributed by atoms with E-state index in [1.54, 1.807) is 12.1 Å². The molecule has 0 saturated heterocycles. The minimum Gasteiger partial charge on any atom is -0.348 e. The Hall–Kier alpha value is -3.18. The van der Waals surface area contributed by atoms with Gasteiger partial charge in [-0.05, 0) is 29.3 Å². The molecule has 0 aliphatic carbocycles.